The lowest BCUT2D eigenvalue weighted by Gasteiger charge is -2.40. The summed E-state index contributed by atoms with van der Waals surface area (Å²) in [5.74, 6) is -1.97. The highest BCUT2D eigenvalue weighted by Gasteiger charge is 2.50. The number of rotatable bonds is 8. The highest BCUT2D eigenvalue weighted by Crippen LogP contribution is 2.47. The van der Waals surface area contributed by atoms with E-state index >= 15 is 0 Å². The zero-order valence-corrected chi connectivity index (χ0v) is 23.7. The summed E-state index contributed by atoms with van der Waals surface area (Å²) in [6.45, 7) is 6.09. The summed E-state index contributed by atoms with van der Waals surface area (Å²) in [7, 11) is 1.69. The van der Waals surface area contributed by atoms with E-state index in [0.29, 0.717) is 37.4 Å². The lowest BCUT2D eigenvalue weighted by Crippen LogP contribution is -2.52. The molecule has 10 nitrogen and oxygen atoms in total. The first-order chi connectivity index (χ1) is 19.3. The third-order valence-electron chi connectivity index (χ3n) is 8.34. The fraction of sp³-hybridized carbons (Fsp3) is 0.714. The lowest BCUT2D eigenvalue weighted by molar-refractivity contribution is -0.146. The van der Waals surface area contributed by atoms with Crippen molar-refractivity contribution in [2.45, 2.75) is 89.7 Å². The van der Waals surface area contributed by atoms with Gasteiger partial charge in [0, 0.05) is 57.2 Å². The Kier molecular flexibility index (Phi) is 11.1. The first kappa shape index (κ1) is 32.7. The Hall–Kier alpha value is -2.77. The van der Waals surface area contributed by atoms with Crippen LogP contribution in [-0.2, 0) is 43.0 Å². The molecule has 1 saturated heterocycles. The highest BCUT2D eigenvalue weighted by atomic mass is 19.4. The molecule has 0 radical (unpaired) electrons. The first-order valence-electron chi connectivity index (χ1n) is 13.9. The number of pyridine rings is 1. The molecule has 4 atom stereocenters. The molecule has 2 aliphatic heterocycles. The molecule has 1 aliphatic carbocycles. The van der Waals surface area contributed by atoms with Crippen molar-refractivity contribution in [1.82, 2.24) is 15.2 Å². The van der Waals surface area contributed by atoms with Gasteiger partial charge >= 0.3 is 18.1 Å². The number of carboxylic acids is 2. The van der Waals surface area contributed by atoms with E-state index in [0.717, 1.165) is 37.9 Å². The molecule has 1 saturated carbocycles. The second kappa shape index (κ2) is 13.9. The highest BCUT2D eigenvalue weighted by molar-refractivity contribution is 5.84. The molecular formula is C28H40F3N3O7. The van der Waals surface area contributed by atoms with Gasteiger partial charge in [-0.05, 0) is 43.2 Å². The summed E-state index contributed by atoms with van der Waals surface area (Å²) in [5, 5.41) is 19.5. The Morgan fingerprint density at radius 3 is 2.49 bits per heavy atom. The van der Waals surface area contributed by atoms with E-state index in [1.807, 2.05) is 0 Å². The van der Waals surface area contributed by atoms with E-state index in [-0.39, 0.29) is 49.4 Å². The number of ether oxygens (including phenoxy) is 2. The topological polar surface area (TPSA) is 138 Å². The zero-order chi connectivity index (χ0) is 30.4. The maximum absolute atomic E-state index is 13.8. The van der Waals surface area contributed by atoms with Gasteiger partial charge in [0.15, 0.2) is 0 Å². The van der Waals surface area contributed by atoms with Crippen molar-refractivity contribution in [2.75, 3.05) is 26.9 Å². The number of nitrogens with zero attached hydrogens (tertiary/aromatic N) is 2. The molecule has 3 heterocycles. The van der Waals surface area contributed by atoms with Gasteiger partial charge in [0.25, 0.3) is 0 Å². The zero-order valence-electron chi connectivity index (χ0n) is 23.7. The molecule has 1 aromatic heterocycles. The van der Waals surface area contributed by atoms with Gasteiger partial charge in [-0.2, -0.15) is 13.2 Å². The van der Waals surface area contributed by atoms with Crippen molar-refractivity contribution in [3.8, 4) is 0 Å². The number of fused-ring (bicyclic) bond motifs is 1. The molecule has 2 fully saturated rings. The molecule has 1 aromatic rings. The molecule has 4 rings (SSSR count). The Labute approximate surface area is 237 Å². The quantitative estimate of drug-likeness (QED) is 0.417. The molecule has 3 aliphatic rings. The van der Waals surface area contributed by atoms with Gasteiger partial charge in [0.1, 0.15) is 0 Å². The first-order valence-corrected chi connectivity index (χ1v) is 13.9. The van der Waals surface area contributed by atoms with Gasteiger partial charge in [-0.3, -0.25) is 19.4 Å². The molecule has 0 aromatic carbocycles. The molecule has 0 unspecified atom stereocenters. The van der Waals surface area contributed by atoms with E-state index in [1.165, 1.54) is 0 Å². The number of aromatic nitrogens is 1. The van der Waals surface area contributed by atoms with Crippen molar-refractivity contribution in [1.29, 1.82) is 0 Å². The number of alkyl halides is 3. The summed E-state index contributed by atoms with van der Waals surface area (Å²) in [6.07, 6.45) is -0.412. The number of carbonyl (C=O) groups excluding carboxylic acids is 1. The third kappa shape index (κ3) is 8.39. The molecule has 13 heteroatoms. The lowest BCUT2D eigenvalue weighted by atomic mass is 9.74. The second-order valence-corrected chi connectivity index (χ2v) is 11.3. The number of carboxylic acid groups (broad SMARTS) is 2. The van der Waals surface area contributed by atoms with Crippen LogP contribution in [-0.4, -0.2) is 83.0 Å². The molecule has 0 bridgehead atoms. The minimum atomic E-state index is -4.44. The molecule has 41 heavy (non-hydrogen) atoms. The standard InChI is InChI=1S/C24H34F3N3O3.C4H6O4/c1-15(2)23(7-4-18(11-23)29-20-6-9-33-14-21(20)32-3)22(31)30-8-5-19-16(13-30)10-17(12-28-19)24(25,26)27;5-3(6)1-2-4(7)8/h10,12,15,18,20-21,29H,4-9,11,13-14H2,1-3H3;1-2H2,(H,5,6)(H,7,8)/t18-,20+,21-,23+;/m1./s1. The second-order valence-electron chi connectivity index (χ2n) is 11.3. The fourth-order valence-corrected chi connectivity index (χ4v) is 5.90. The monoisotopic (exact) mass is 587 g/mol. The molecule has 3 N–H and O–H groups in total. The number of hydrogen-bond donors (Lipinski definition) is 3. The number of hydrogen-bond acceptors (Lipinski definition) is 7. The number of amides is 1. The Morgan fingerprint density at radius 2 is 1.90 bits per heavy atom. The Bertz CT molecular complexity index is 1070. The molecular weight excluding hydrogens is 547 g/mol. The summed E-state index contributed by atoms with van der Waals surface area (Å²) < 4.78 is 50.6. The van der Waals surface area contributed by atoms with Crippen LogP contribution in [0.1, 0.15) is 69.2 Å². The van der Waals surface area contributed by atoms with Crippen LogP contribution in [0, 0.1) is 11.3 Å². The van der Waals surface area contributed by atoms with Crippen molar-refractivity contribution in [3.63, 3.8) is 0 Å². The predicted octanol–water partition coefficient (Wildman–Crippen LogP) is 3.51. The van der Waals surface area contributed by atoms with Gasteiger partial charge in [-0.1, -0.05) is 13.8 Å². The van der Waals surface area contributed by atoms with Gasteiger partial charge in [0.2, 0.25) is 5.91 Å². The van der Waals surface area contributed by atoms with Crippen molar-refractivity contribution >= 4 is 17.8 Å². The Balaban J connectivity index is 0.000000507. The van der Waals surface area contributed by atoms with Crippen LogP contribution in [0.2, 0.25) is 0 Å². The molecule has 0 spiro atoms. The number of nitrogens with one attached hydrogen (secondary N) is 1. The number of carbonyl (C=O) groups is 3. The summed E-state index contributed by atoms with van der Waals surface area (Å²) >= 11 is 0. The van der Waals surface area contributed by atoms with Gasteiger partial charge < -0.3 is 29.9 Å². The van der Waals surface area contributed by atoms with Crippen LogP contribution in [0.4, 0.5) is 13.2 Å². The maximum atomic E-state index is 13.8. The summed E-state index contributed by atoms with van der Waals surface area (Å²) in [6, 6.07) is 1.55. The molecule has 230 valence electrons. The number of methoxy groups -OCH3 is 1. The minimum absolute atomic E-state index is 0.00238. The minimum Gasteiger partial charge on any atom is -0.481 e. The number of aliphatic carboxylic acids is 2. The van der Waals surface area contributed by atoms with Crippen LogP contribution in [0.3, 0.4) is 0 Å². The van der Waals surface area contributed by atoms with Crippen LogP contribution >= 0.6 is 0 Å². The fourth-order valence-electron chi connectivity index (χ4n) is 5.90. The average Bonchev–Trinajstić information content (AvgIpc) is 3.36. The van der Waals surface area contributed by atoms with Crippen LogP contribution in [0.25, 0.3) is 0 Å². The normalized spacial score (nSPS) is 26.2. The SMILES string of the molecule is CO[C@@H]1COCC[C@@H]1N[C@@H]1CC[C@@](C(=O)N2CCc3ncc(C(F)(F)F)cc3C2)(C(C)C)C1.O=C(O)CCC(=O)O. The van der Waals surface area contributed by atoms with Crippen molar-refractivity contribution in [2.24, 2.45) is 11.3 Å². The van der Waals surface area contributed by atoms with Crippen LogP contribution < -0.4 is 5.32 Å². The Morgan fingerprint density at radius 1 is 1.22 bits per heavy atom. The van der Waals surface area contributed by atoms with E-state index in [1.54, 1.807) is 12.0 Å². The summed E-state index contributed by atoms with van der Waals surface area (Å²) in [5.41, 5.74) is -0.121. The van der Waals surface area contributed by atoms with Crippen molar-refractivity contribution in [3.05, 3.63) is 29.1 Å². The van der Waals surface area contributed by atoms with Gasteiger partial charge in [-0.15, -0.1) is 0 Å². The van der Waals surface area contributed by atoms with Gasteiger partial charge in [-0.25, -0.2) is 0 Å². The maximum Gasteiger partial charge on any atom is 0.417 e. The molecule has 1 amide bonds. The van der Waals surface area contributed by atoms with E-state index in [4.69, 9.17) is 19.7 Å². The van der Waals surface area contributed by atoms with E-state index in [9.17, 15) is 27.6 Å². The smallest absolute Gasteiger partial charge is 0.417 e. The van der Waals surface area contributed by atoms with E-state index < -0.39 is 29.1 Å². The van der Waals surface area contributed by atoms with Crippen molar-refractivity contribution < 1.29 is 47.2 Å². The number of halogens is 3. The van der Waals surface area contributed by atoms with Gasteiger partial charge in [0.05, 0.1) is 36.5 Å². The van der Waals surface area contributed by atoms with Crippen LogP contribution in [0.15, 0.2) is 12.3 Å². The summed E-state index contributed by atoms with van der Waals surface area (Å²) in [4.78, 5) is 38.9. The largest absolute Gasteiger partial charge is 0.481 e. The van der Waals surface area contributed by atoms with E-state index in [2.05, 4.69) is 24.1 Å². The average molecular weight is 588 g/mol. The van der Waals surface area contributed by atoms with Crippen LogP contribution in [0.5, 0.6) is 0 Å². The third-order valence-corrected chi connectivity index (χ3v) is 8.34. The predicted molar refractivity (Wildman–Crippen MR) is 141 cm³/mol.